The van der Waals surface area contributed by atoms with E-state index in [1.807, 2.05) is 0 Å². The van der Waals surface area contributed by atoms with Gasteiger partial charge in [0.15, 0.2) is 0 Å². The van der Waals surface area contributed by atoms with E-state index in [1.54, 1.807) is 24.3 Å². The number of rotatable bonds is 3. The van der Waals surface area contributed by atoms with E-state index in [9.17, 15) is 9.59 Å². The zero-order valence-electron chi connectivity index (χ0n) is 10.3. The second-order valence-electron chi connectivity index (χ2n) is 4.32. The summed E-state index contributed by atoms with van der Waals surface area (Å²) in [4.78, 5) is 25.1. The number of nitrogens with zero attached hydrogens (tertiary/aromatic N) is 1. The Bertz CT molecular complexity index is 475. The van der Waals surface area contributed by atoms with Gasteiger partial charge in [0.25, 0.3) is 5.91 Å². The number of alkyl halides is 1. The normalized spacial score (nSPS) is 19.2. The Hall–Kier alpha value is -1.59. The highest BCUT2D eigenvalue weighted by atomic mass is 35.5. The summed E-state index contributed by atoms with van der Waals surface area (Å²) in [5.74, 6) is -0.366. The molecule has 6 heteroatoms. The summed E-state index contributed by atoms with van der Waals surface area (Å²) < 4.78 is 5.18. The van der Waals surface area contributed by atoms with Gasteiger partial charge in [0.2, 0.25) is 5.91 Å². The molecule has 0 spiro atoms. The lowest BCUT2D eigenvalue weighted by Crippen LogP contribution is -2.54. The number of nitrogens with two attached hydrogens (primary N) is 1. The van der Waals surface area contributed by atoms with Crippen LogP contribution in [0.15, 0.2) is 24.3 Å². The minimum atomic E-state index is -0.700. The third-order valence-electron chi connectivity index (χ3n) is 3.07. The number of carbonyl (C=O) groups is 2. The molecule has 1 saturated heterocycles. The molecule has 0 saturated carbocycles. The van der Waals surface area contributed by atoms with Gasteiger partial charge in [0, 0.05) is 18.0 Å². The third kappa shape index (κ3) is 3.05. The molecule has 2 amide bonds. The highest BCUT2D eigenvalue weighted by molar-refractivity contribution is 6.17. The molecule has 5 nitrogen and oxygen atoms in total. The van der Waals surface area contributed by atoms with E-state index in [1.165, 1.54) is 4.90 Å². The molecular weight excluding hydrogens is 268 g/mol. The molecule has 0 aliphatic carbocycles. The number of carbonyl (C=O) groups excluding carboxylic acids is 2. The third-order valence-corrected chi connectivity index (χ3v) is 3.38. The summed E-state index contributed by atoms with van der Waals surface area (Å²) in [6.07, 6.45) is 0. The number of primary amides is 1. The maximum Gasteiger partial charge on any atom is 0.254 e. The fraction of sp³-hybridized carbons (Fsp3) is 0.385. The monoisotopic (exact) mass is 282 g/mol. The molecule has 1 aliphatic heterocycles. The van der Waals surface area contributed by atoms with Gasteiger partial charge in [-0.15, -0.1) is 11.6 Å². The zero-order chi connectivity index (χ0) is 13.8. The fourth-order valence-corrected chi connectivity index (χ4v) is 2.16. The van der Waals surface area contributed by atoms with Crippen molar-refractivity contribution in [2.24, 2.45) is 5.73 Å². The van der Waals surface area contributed by atoms with Crippen molar-refractivity contribution >= 4 is 23.4 Å². The number of hydrogen-bond acceptors (Lipinski definition) is 3. The first kappa shape index (κ1) is 13.8. The van der Waals surface area contributed by atoms with Crippen molar-refractivity contribution in [3.05, 3.63) is 35.4 Å². The largest absolute Gasteiger partial charge is 0.377 e. The average Bonchev–Trinajstić information content (AvgIpc) is 2.46. The Morgan fingerprint density at radius 3 is 2.63 bits per heavy atom. The standard InChI is InChI=1S/C13H15ClN2O3/c14-7-9-1-3-10(4-2-9)13(18)16-5-6-19-8-11(16)12(15)17/h1-4,11H,5-8H2,(H2,15,17). The van der Waals surface area contributed by atoms with E-state index in [0.717, 1.165) is 5.56 Å². The molecule has 2 N–H and O–H groups in total. The van der Waals surface area contributed by atoms with E-state index in [2.05, 4.69) is 0 Å². The van der Waals surface area contributed by atoms with Crippen LogP contribution in [-0.4, -0.2) is 42.5 Å². The van der Waals surface area contributed by atoms with Crippen LogP contribution < -0.4 is 5.73 Å². The SMILES string of the molecule is NC(=O)C1COCCN1C(=O)c1ccc(CCl)cc1. The molecule has 0 bridgehead atoms. The van der Waals surface area contributed by atoms with Crippen molar-refractivity contribution in [1.29, 1.82) is 0 Å². The molecule has 1 fully saturated rings. The van der Waals surface area contributed by atoms with Crippen LogP contribution in [0.2, 0.25) is 0 Å². The van der Waals surface area contributed by atoms with Crippen LogP contribution in [0.4, 0.5) is 0 Å². The van der Waals surface area contributed by atoms with E-state index in [-0.39, 0.29) is 12.5 Å². The van der Waals surface area contributed by atoms with Gasteiger partial charge in [-0.3, -0.25) is 9.59 Å². The highest BCUT2D eigenvalue weighted by Gasteiger charge is 2.31. The quantitative estimate of drug-likeness (QED) is 0.832. The second-order valence-corrected chi connectivity index (χ2v) is 4.59. The molecule has 102 valence electrons. The van der Waals surface area contributed by atoms with Gasteiger partial charge in [-0.05, 0) is 17.7 Å². The fourth-order valence-electron chi connectivity index (χ4n) is 1.98. The molecule has 1 atom stereocenters. The van der Waals surface area contributed by atoms with Gasteiger partial charge in [-0.2, -0.15) is 0 Å². The summed E-state index contributed by atoms with van der Waals surface area (Å²) in [7, 11) is 0. The molecule has 1 unspecified atom stereocenters. The minimum Gasteiger partial charge on any atom is -0.377 e. The van der Waals surface area contributed by atoms with Crippen LogP contribution in [-0.2, 0) is 15.4 Å². The van der Waals surface area contributed by atoms with Crippen molar-refractivity contribution < 1.29 is 14.3 Å². The van der Waals surface area contributed by atoms with Crippen LogP contribution in [0, 0.1) is 0 Å². The summed E-state index contributed by atoms with van der Waals surface area (Å²) in [5, 5.41) is 0. The van der Waals surface area contributed by atoms with Crippen molar-refractivity contribution in [3.63, 3.8) is 0 Å². The molecule has 1 aromatic carbocycles. The number of benzene rings is 1. The zero-order valence-corrected chi connectivity index (χ0v) is 11.1. The van der Waals surface area contributed by atoms with E-state index < -0.39 is 11.9 Å². The van der Waals surface area contributed by atoms with Crippen LogP contribution in [0.3, 0.4) is 0 Å². The Balaban J connectivity index is 2.18. The molecular formula is C13H15ClN2O3. The maximum absolute atomic E-state index is 12.3. The summed E-state index contributed by atoms with van der Waals surface area (Å²) in [5.41, 5.74) is 6.74. The number of ether oxygens (including phenoxy) is 1. The molecule has 0 radical (unpaired) electrons. The Morgan fingerprint density at radius 1 is 1.37 bits per heavy atom. The van der Waals surface area contributed by atoms with E-state index in [0.29, 0.717) is 24.6 Å². The molecule has 19 heavy (non-hydrogen) atoms. The lowest BCUT2D eigenvalue weighted by atomic mass is 10.1. The van der Waals surface area contributed by atoms with Gasteiger partial charge in [-0.1, -0.05) is 12.1 Å². The van der Waals surface area contributed by atoms with Crippen LogP contribution in [0.25, 0.3) is 0 Å². The van der Waals surface area contributed by atoms with Crippen molar-refractivity contribution in [1.82, 2.24) is 4.90 Å². The minimum absolute atomic E-state index is 0.154. The van der Waals surface area contributed by atoms with Gasteiger partial charge in [-0.25, -0.2) is 0 Å². The van der Waals surface area contributed by atoms with Gasteiger partial charge in [0.05, 0.1) is 13.2 Å². The van der Waals surface area contributed by atoms with Crippen LogP contribution in [0.1, 0.15) is 15.9 Å². The van der Waals surface area contributed by atoms with Crippen molar-refractivity contribution in [3.8, 4) is 0 Å². The first-order chi connectivity index (χ1) is 9.13. The molecule has 1 heterocycles. The van der Waals surface area contributed by atoms with Crippen molar-refractivity contribution in [2.75, 3.05) is 19.8 Å². The number of halogens is 1. The first-order valence-corrected chi connectivity index (χ1v) is 6.50. The van der Waals surface area contributed by atoms with Gasteiger partial charge in [0.1, 0.15) is 6.04 Å². The predicted octanol–water partition coefficient (Wildman–Crippen LogP) is 0.752. The Morgan fingerprint density at radius 2 is 2.05 bits per heavy atom. The summed E-state index contributed by atoms with van der Waals surface area (Å²) >= 11 is 5.70. The highest BCUT2D eigenvalue weighted by Crippen LogP contribution is 2.14. The molecule has 2 rings (SSSR count). The predicted molar refractivity (Wildman–Crippen MR) is 70.8 cm³/mol. The molecule has 1 aromatic rings. The van der Waals surface area contributed by atoms with Crippen molar-refractivity contribution in [2.45, 2.75) is 11.9 Å². The van der Waals surface area contributed by atoms with Gasteiger partial charge >= 0.3 is 0 Å². The smallest absolute Gasteiger partial charge is 0.254 e. The maximum atomic E-state index is 12.3. The number of morpholine rings is 1. The second kappa shape index (κ2) is 6.04. The average molecular weight is 283 g/mol. The van der Waals surface area contributed by atoms with E-state index in [4.69, 9.17) is 22.1 Å². The van der Waals surface area contributed by atoms with Crippen LogP contribution >= 0.6 is 11.6 Å². The lowest BCUT2D eigenvalue weighted by Gasteiger charge is -2.33. The number of amides is 2. The van der Waals surface area contributed by atoms with Gasteiger partial charge < -0.3 is 15.4 Å². The Labute approximate surface area is 116 Å². The van der Waals surface area contributed by atoms with E-state index >= 15 is 0 Å². The summed E-state index contributed by atoms with van der Waals surface area (Å²) in [6.45, 7) is 0.930. The van der Waals surface area contributed by atoms with Crippen LogP contribution in [0.5, 0.6) is 0 Å². The Kier molecular flexibility index (Phi) is 4.39. The number of hydrogen-bond donors (Lipinski definition) is 1. The first-order valence-electron chi connectivity index (χ1n) is 5.96. The summed E-state index contributed by atoms with van der Waals surface area (Å²) in [6, 6.07) is 6.29. The topological polar surface area (TPSA) is 72.6 Å². The lowest BCUT2D eigenvalue weighted by molar-refractivity contribution is -0.127. The molecule has 0 aromatic heterocycles. The molecule has 1 aliphatic rings.